The molecule has 3 atom stereocenters. The number of ether oxygens (including phenoxy) is 1. The normalized spacial score (nSPS) is 21.4. The number of benzene rings is 3. The maximum absolute atomic E-state index is 13.8. The summed E-state index contributed by atoms with van der Waals surface area (Å²) in [6.07, 6.45) is -2.49. The van der Waals surface area contributed by atoms with E-state index in [1.807, 2.05) is 43.3 Å². The molecule has 3 saturated heterocycles. The number of hydrogen-bond acceptors (Lipinski definition) is 9. The number of imide groups is 1. The molecule has 1 unspecified atom stereocenters. The second-order valence-electron chi connectivity index (χ2n) is 16.2. The zero-order chi connectivity index (χ0) is 42.8. The monoisotopic (exact) mass is 830 g/mol. The number of ketones is 1. The first kappa shape index (κ1) is 43.4. The van der Waals surface area contributed by atoms with Crippen molar-refractivity contribution in [2.75, 3.05) is 42.6 Å². The van der Waals surface area contributed by atoms with Gasteiger partial charge in [-0.3, -0.25) is 39.2 Å². The standard InChI is InChI=1S/C44H49F3N6O5S/c1-6-31-21-35(53-42(59)52(41(57)43(53,4)5)34-12-10-33(23-48)37(22-34)44(45,46)47)13-14-38(31)58-17-16-50-24-28(3)51(25-27(50)2)26-36(54)20-30-9-7-8-29(18-30)19-32-11-15-39(55)49-40(32)56/h7-10,12-14,18,21-22,27-28,32H,6,11,15-17,19-20,24-26H2,1-5H3,(H,49,55,56)/t27-,28-,32?/m0/s1. The molecular weight excluding hydrogens is 782 g/mol. The van der Waals surface area contributed by atoms with Crippen LogP contribution in [0.1, 0.15) is 75.3 Å². The number of amides is 3. The van der Waals surface area contributed by atoms with Crippen LogP contribution in [0.3, 0.4) is 0 Å². The number of carbonyl (C=O) groups excluding carboxylic acids is 4. The molecule has 3 aliphatic rings. The summed E-state index contributed by atoms with van der Waals surface area (Å²) in [5.74, 6) is -0.426. The summed E-state index contributed by atoms with van der Waals surface area (Å²) in [5.41, 5.74) is 0.373. The van der Waals surface area contributed by atoms with E-state index in [0.717, 1.165) is 46.8 Å². The van der Waals surface area contributed by atoms with E-state index in [1.165, 1.54) is 6.07 Å². The predicted octanol–water partition coefficient (Wildman–Crippen LogP) is 6.24. The molecule has 1 N–H and O–H groups in total. The van der Waals surface area contributed by atoms with Gasteiger partial charge in [-0.1, -0.05) is 31.2 Å². The van der Waals surface area contributed by atoms with Crippen LogP contribution in [0, 0.1) is 17.2 Å². The van der Waals surface area contributed by atoms with Crippen molar-refractivity contribution >= 4 is 52.2 Å². The zero-order valence-electron chi connectivity index (χ0n) is 33.9. The van der Waals surface area contributed by atoms with Crippen LogP contribution in [0.4, 0.5) is 24.5 Å². The number of anilines is 2. The van der Waals surface area contributed by atoms with E-state index < -0.39 is 28.7 Å². The van der Waals surface area contributed by atoms with Crippen LogP contribution in [0.25, 0.3) is 0 Å². The Kier molecular flexibility index (Phi) is 12.9. The molecule has 0 aromatic heterocycles. The first-order chi connectivity index (χ1) is 27.9. The highest BCUT2D eigenvalue weighted by Gasteiger charge is 2.51. The molecule has 3 amide bonds. The average Bonchev–Trinajstić information content (AvgIpc) is 3.35. The van der Waals surface area contributed by atoms with Crippen molar-refractivity contribution in [3.8, 4) is 11.8 Å². The molecule has 6 rings (SSSR count). The summed E-state index contributed by atoms with van der Waals surface area (Å²) in [4.78, 5) is 58.0. The molecule has 0 radical (unpaired) electrons. The Morgan fingerprint density at radius 1 is 0.983 bits per heavy atom. The number of piperazine rings is 1. The van der Waals surface area contributed by atoms with Gasteiger partial charge in [-0.05, 0) is 112 Å². The second-order valence-corrected chi connectivity index (χ2v) is 16.5. The number of alkyl halides is 3. The lowest BCUT2D eigenvalue weighted by molar-refractivity contribution is -0.138. The largest absolute Gasteiger partial charge is 0.492 e. The number of hydrogen-bond donors (Lipinski definition) is 1. The summed E-state index contributed by atoms with van der Waals surface area (Å²) in [6, 6.07) is 18.3. The Labute approximate surface area is 348 Å². The van der Waals surface area contributed by atoms with Crippen LogP contribution < -0.4 is 19.9 Å². The highest BCUT2D eigenvalue weighted by Crippen LogP contribution is 2.40. The van der Waals surface area contributed by atoms with Gasteiger partial charge in [0.15, 0.2) is 10.9 Å². The lowest BCUT2D eigenvalue weighted by atomic mass is 9.90. The number of carbonyl (C=O) groups is 4. The van der Waals surface area contributed by atoms with E-state index in [-0.39, 0.29) is 46.4 Å². The Morgan fingerprint density at radius 3 is 2.37 bits per heavy atom. The van der Waals surface area contributed by atoms with Gasteiger partial charge in [0.2, 0.25) is 11.8 Å². The summed E-state index contributed by atoms with van der Waals surface area (Å²) < 4.78 is 47.7. The predicted molar refractivity (Wildman–Crippen MR) is 221 cm³/mol. The number of nitrogens with zero attached hydrogens (tertiary/aromatic N) is 5. The van der Waals surface area contributed by atoms with Gasteiger partial charge in [-0.2, -0.15) is 18.4 Å². The summed E-state index contributed by atoms with van der Waals surface area (Å²) in [5, 5.41) is 11.7. The van der Waals surface area contributed by atoms with Gasteiger partial charge in [0.05, 0.1) is 29.4 Å². The Hall–Kier alpha value is -5.17. The number of rotatable bonds is 13. The van der Waals surface area contributed by atoms with E-state index in [2.05, 4.69) is 29.0 Å². The molecule has 11 nitrogen and oxygen atoms in total. The fraction of sp³-hybridized carbons (Fsp3) is 0.455. The van der Waals surface area contributed by atoms with Gasteiger partial charge >= 0.3 is 6.18 Å². The molecule has 3 heterocycles. The Morgan fingerprint density at radius 2 is 1.68 bits per heavy atom. The molecule has 312 valence electrons. The lowest BCUT2D eigenvalue weighted by Gasteiger charge is -2.43. The SMILES string of the molecule is CCc1cc(N2C(=S)N(c3ccc(C#N)c(C(F)(F)F)c3)C(=O)C2(C)C)ccc1OCCN1C[C@H](C)N(CC(=O)Cc2cccc(CC3CCC(=O)NC3=O)c2)C[C@@H]1C. The number of Topliss-reactive ketones (excluding diaryl/α,β-unsaturated/α-hetero) is 1. The molecule has 3 aromatic carbocycles. The maximum atomic E-state index is 13.8. The van der Waals surface area contributed by atoms with Gasteiger partial charge < -0.3 is 9.64 Å². The third-order valence-corrected chi connectivity index (χ3v) is 11.9. The van der Waals surface area contributed by atoms with Crippen molar-refractivity contribution in [1.29, 1.82) is 5.26 Å². The van der Waals surface area contributed by atoms with Crippen molar-refractivity contribution < 1.29 is 37.1 Å². The first-order valence-corrected chi connectivity index (χ1v) is 20.3. The fourth-order valence-corrected chi connectivity index (χ4v) is 8.77. The van der Waals surface area contributed by atoms with Gasteiger partial charge in [-0.25, -0.2) is 0 Å². The van der Waals surface area contributed by atoms with Crippen LogP contribution in [-0.4, -0.2) is 88.8 Å². The van der Waals surface area contributed by atoms with Crippen molar-refractivity contribution in [2.45, 2.75) is 90.5 Å². The molecule has 3 aliphatic heterocycles. The number of aryl methyl sites for hydroxylation is 1. The maximum Gasteiger partial charge on any atom is 0.417 e. The smallest absolute Gasteiger partial charge is 0.417 e. The van der Waals surface area contributed by atoms with Crippen LogP contribution in [0.15, 0.2) is 60.7 Å². The number of nitriles is 1. The molecular formula is C44H49F3N6O5S. The van der Waals surface area contributed by atoms with Gasteiger partial charge in [0.1, 0.15) is 17.9 Å². The Balaban J connectivity index is 1.03. The summed E-state index contributed by atoms with van der Waals surface area (Å²) in [7, 11) is 0. The van der Waals surface area contributed by atoms with Crippen LogP contribution >= 0.6 is 12.2 Å². The van der Waals surface area contributed by atoms with E-state index >= 15 is 0 Å². The van der Waals surface area contributed by atoms with Gasteiger partial charge in [0, 0.05) is 56.2 Å². The highest BCUT2D eigenvalue weighted by atomic mass is 32.1. The molecule has 3 fully saturated rings. The van der Waals surface area contributed by atoms with Crippen molar-refractivity contribution in [3.63, 3.8) is 0 Å². The van der Waals surface area contributed by atoms with Crippen molar-refractivity contribution in [1.82, 2.24) is 15.1 Å². The molecule has 0 aliphatic carbocycles. The van der Waals surface area contributed by atoms with E-state index in [9.17, 15) is 37.6 Å². The van der Waals surface area contributed by atoms with Crippen molar-refractivity contribution in [2.24, 2.45) is 5.92 Å². The van der Waals surface area contributed by atoms with Crippen molar-refractivity contribution in [3.05, 3.63) is 88.5 Å². The highest BCUT2D eigenvalue weighted by molar-refractivity contribution is 7.81. The number of nitrogens with one attached hydrogen (secondary N) is 1. The fourth-order valence-electron chi connectivity index (χ4n) is 8.25. The van der Waals surface area contributed by atoms with Gasteiger partial charge in [-0.15, -0.1) is 0 Å². The molecule has 0 saturated carbocycles. The van der Waals surface area contributed by atoms with Crippen LogP contribution in [-0.2, 0) is 44.6 Å². The minimum atomic E-state index is -4.79. The van der Waals surface area contributed by atoms with Gasteiger partial charge in [0.25, 0.3) is 5.91 Å². The molecule has 0 bridgehead atoms. The average molecular weight is 831 g/mol. The molecule has 0 spiro atoms. The number of halogens is 3. The minimum Gasteiger partial charge on any atom is -0.492 e. The molecule has 3 aromatic rings. The number of piperidine rings is 1. The minimum absolute atomic E-state index is 0.0220. The molecule has 15 heteroatoms. The summed E-state index contributed by atoms with van der Waals surface area (Å²) >= 11 is 5.73. The topological polar surface area (TPSA) is 126 Å². The lowest BCUT2D eigenvalue weighted by Crippen LogP contribution is -2.58. The van der Waals surface area contributed by atoms with Crippen LogP contribution in [0.2, 0.25) is 0 Å². The molecule has 59 heavy (non-hydrogen) atoms. The number of thiocarbonyl (C=S) groups is 1. The third-order valence-electron chi connectivity index (χ3n) is 11.5. The van der Waals surface area contributed by atoms with Crippen LogP contribution in [0.5, 0.6) is 5.75 Å². The quantitative estimate of drug-likeness (QED) is 0.157. The third kappa shape index (κ3) is 9.51. The Bertz CT molecular complexity index is 2190. The van der Waals surface area contributed by atoms with E-state index in [4.69, 9.17) is 17.0 Å². The first-order valence-electron chi connectivity index (χ1n) is 19.9. The zero-order valence-corrected chi connectivity index (χ0v) is 34.7. The van der Waals surface area contributed by atoms with E-state index in [0.29, 0.717) is 63.2 Å². The second kappa shape index (κ2) is 17.6. The summed E-state index contributed by atoms with van der Waals surface area (Å²) in [6.45, 7) is 12.5. The van der Waals surface area contributed by atoms with E-state index in [1.54, 1.807) is 30.9 Å².